The van der Waals surface area contributed by atoms with E-state index < -0.39 is 0 Å². The Kier molecular flexibility index (Phi) is 5.39. The van der Waals surface area contributed by atoms with Crippen LogP contribution in [0.25, 0.3) is 0 Å². The van der Waals surface area contributed by atoms with Crippen LogP contribution in [0.15, 0.2) is 66.2 Å². The van der Waals surface area contributed by atoms with E-state index in [2.05, 4.69) is 45.3 Å². The van der Waals surface area contributed by atoms with Crippen molar-refractivity contribution in [3.8, 4) is 0 Å². The van der Waals surface area contributed by atoms with Gasteiger partial charge in [0, 0.05) is 31.0 Å². The number of hydrogen-bond donors (Lipinski definition) is 1. The van der Waals surface area contributed by atoms with Gasteiger partial charge < -0.3 is 19.4 Å². The molecule has 1 aliphatic carbocycles. The standard InChI is InChI=1S/C22H27N3O3/c1-16(2)23-21(26)13-25-12-11-24-10-6-9-18(24)22(25)20-15-27-14-19(28-20)17-7-4-3-5-8-17/h3-4,6-7,9-10,14-16,22H,5,8,11-13H2,1-2H3,(H,23,26). The maximum absolute atomic E-state index is 12.4. The predicted molar refractivity (Wildman–Crippen MR) is 107 cm³/mol. The van der Waals surface area contributed by atoms with E-state index in [1.807, 2.05) is 19.9 Å². The number of amides is 1. The summed E-state index contributed by atoms with van der Waals surface area (Å²) in [5.41, 5.74) is 2.24. The zero-order valence-electron chi connectivity index (χ0n) is 16.4. The van der Waals surface area contributed by atoms with E-state index in [0.29, 0.717) is 12.3 Å². The van der Waals surface area contributed by atoms with Crippen molar-refractivity contribution in [1.82, 2.24) is 14.8 Å². The molecule has 0 radical (unpaired) electrons. The Balaban J connectivity index is 1.57. The third-order valence-electron chi connectivity index (χ3n) is 5.12. The first-order chi connectivity index (χ1) is 13.6. The molecule has 2 aliphatic heterocycles. The second-order valence-electron chi connectivity index (χ2n) is 7.62. The Hall–Kier alpha value is -2.73. The van der Waals surface area contributed by atoms with Gasteiger partial charge in [-0.25, -0.2) is 0 Å². The van der Waals surface area contributed by atoms with Crippen LogP contribution in [-0.2, 0) is 20.8 Å². The van der Waals surface area contributed by atoms with E-state index in [-0.39, 0.29) is 18.0 Å². The van der Waals surface area contributed by atoms with E-state index in [4.69, 9.17) is 9.47 Å². The van der Waals surface area contributed by atoms with Crippen molar-refractivity contribution in [1.29, 1.82) is 0 Å². The molecule has 3 aliphatic rings. The highest BCUT2D eigenvalue weighted by Crippen LogP contribution is 2.37. The molecule has 1 aromatic rings. The summed E-state index contributed by atoms with van der Waals surface area (Å²) in [6, 6.07) is 4.08. The van der Waals surface area contributed by atoms with Crippen molar-refractivity contribution in [2.45, 2.75) is 45.3 Å². The summed E-state index contributed by atoms with van der Waals surface area (Å²) in [4.78, 5) is 14.6. The Labute approximate surface area is 165 Å². The molecular weight excluding hydrogens is 354 g/mol. The summed E-state index contributed by atoms with van der Waals surface area (Å²) >= 11 is 0. The lowest BCUT2D eigenvalue weighted by molar-refractivity contribution is -0.123. The molecule has 0 saturated heterocycles. The molecular formula is C22H27N3O3. The molecule has 28 heavy (non-hydrogen) atoms. The Morgan fingerprint density at radius 2 is 2.21 bits per heavy atom. The molecule has 0 spiro atoms. The highest BCUT2D eigenvalue weighted by molar-refractivity contribution is 5.78. The maximum atomic E-state index is 12.4. The summed E-state index contributed by atoms with van der Waals surface area (Å²) in [7, 11) is 0. The Bertz CT molecular complexity index is 860. The van der Waals surface area contributed by atoms with Crippen LogP contribution in [0.1, 0.15) is 38.4 Å². The first kappa shape index (κ1) is 18.6. The van der Waals surface area contributed by atoms with Crippen molar-refractivity contribution < 1.29 is 14.3 Å². The van der Waals surface area contributed by atoms with Crippen LogP contribution in [0.4, 0.5) is 0 Å². The molecule has 3 heterocycles. The second-order valence-corrected chi connectivity index (χ2v) is 7.62. The number of carbonyl (C=O) groups is 1. The van der Waals surface area contributed by atoms with Crippen LogP contribution in [0.2, 0.25) is 0 Å². The highest BCUT2D eigenvalue weighted by atomic mass is 16.5. The summed E-state index contributed by atoms with van der Waals surface area (Å²) in [6.45, 7) is 5.88. The smallest absolute Gasteiger partial charge is 0.234 e. The fourth-order valence-electron chi connectivity index (χ4n) is 3.89. The van der Waals surface area contributed by atoms with Crippen LogP contribution < -0.4 is 5.32 Å². The molecule has 0 aromatic carbocycles. The lowest BCUT2D eigenvalue weighted by Crippen LogP contribution is -2.46. The largest absolute Gasteiger partial charge is 0.465 e. The monoisotopic (exact) mass is 381 g/mol. The zero-order valence-corrected chi connectivity index (χ0v) is 16.4. The van der Waals surface area contributed by atoms with Gasteiger partial charge in [-0.2, -0.15) is 0 Å². The van der Waals surface area contributed by atoms with Gasteiger partial charge in [0.15, 0.2) is 11.5 Å². The van der Waals surface area contributed by atoms with Crippen LogP contribution in [-0.4, -0.2) is 34.5 Å². The molecule has 1 N–H and O–H groups in total. The number of rotatable bonds is 5. The molecule has 0 fully saturated rings. The third-order valence-corrected chi connectivity index (χ3v) is 5.12. The molecule has 6 nitrogen and oxygen atoms in total. The van der Waals surface area contributed by atoms with Gasteiger partial charge in [-0.3, -0.25) is 9.69 Å². The fourth-order valence-corrected chi connectivity index (χ4v) is 3.89. The SMILES string of the molecule is CC(C)NC(=O)CN1CCn2cccc2C1C1=COC=C(C2=CC=CCC2)O1. The highest BCUT2D eigenvalue weighted by Gasteiger charge is 2.35. The maximum Gasteiger partial charge on any atom is 0.234 e. The van der Waals surface area contributed by atoms with Crippen molar-refractivity contribution in [3.05, 3.63) is 71.9 Å². The minimum atomic E-state index is -0.162. The molecule has 0 bridgehead atoms. The first-order valence-corrected chi connectivity index (χ1v) is 9.90. The van der Waals surface area contributed by atoms with Crippen molar-refractivity contribution in [2.75, 3.05) is 13.1 Å². The van der Waals surface area contributed by atoms with E-state index in [1.165, 1.54) is 0 Å². The number of nitrogens with one attached hydrogen (secondary N) is 1. The van der Waals surface area contributed by atoms with Crippen molar-refractivity contribution in [3.63, 3.8) is 0 Å². The number of ether oxygens (including phenoxy) is 2. The Morgan fingerprint density at radius 1 is 1.32 bits per heavy atom. The van der Waals surface area contributed by atoms with E-state index in [1.54, 1.807) is 12.5 Å². The van der Waals surface area contributed by atoms with Crippen LogP contribution >= 0.6 is 0 Å². The van der Waals surface area contributed by atoms with Crippen molar-refractivity contribution in [2.24, 2.45) is 0 Å². The van der Waals surface area contributed by atoms with E-state index >= 15 is 0 Å². The molecule has 1 amide bonds. The summed E-state index contributed by atoms with van der Waals surface area (Å²) in [5, 5.41) is 2.98. The van der Waals surface area contributed by atoms with Gasteiger partial charge in [-0.1, -0.05) is 18.2 Å². The number of hydrogen-bond acceptors (Lipinski definition) is 4. The average molecular weight is 381 g/mol. The van der Waals surface area contributed by atoms with Crippen LogP contribution in [0, 0.1) is 0 Å². The molecule has 4 rings (SSSR count). The predicted octanol–water partition coefficient (Wildman–Crippen LogP) is 3.38. The number of aromatic nitrogens is 1. The third kappa shape index (κ3) is 3.92. The zero-order chi connectivity index (χ0) is 19.5. The minimum absolute atomic E-state index is 0.0215. The van der Waals surface area contributed by atoms with E-state index in [0.717, 1.165) is 43.0 Å². The van der Waals surface area contributed by atoms with Crippen LogP contribution in [0.3, 0.4) is 0 Å². The quantitative estimate of drug-likeness (QED) is 0.850. The van der Waals surface area contributed by atoms with Crippen LogP contribution in [0.5, 0.6) is 0 Å². The second kappa shape index (κ2) is 8.10. The molecule has 1 aromatic heterocycles. The topological polar surface area (TPSA) is 55.7 Å². The lowest BCUT2D eigenvalue weighted by atomic mass is 10.0. The van der Waals surface area contributed by atoms with Crippen molar-refractivity contribution >= 4 is 5.91 Å². The van der Waals surface area contributed by atoms with Gasteiger partial charge in [-0.05, 0) is 44.4 Å². The summed E-state index contributed by atoms with van der Waals surface area (Å²) in [5.74, 6) is 1.48. The van der Waals surface area contributed by atoms with E-state index in [9.17, 15) is 4.79 Å². The molecule has 148 valence electrons. The fraction of sp³-hybridized carbons (Fsp3) is 0.409. The number of nitrogens with zero attached hydrogens (tertiary/aromatic N) is 2. The van der Waals surface area contributed by atoms with Gasteiger partial charge in [0.05, 0.1) is 6.54 Å². The van der Waals surface area contributed by atoms with Gasteiger partial charge in [0.1, 0.15) is 18.6 Å². The minimum Gasteiger partial charge on any atom is -0.465 e. The normalized spacial score (nSPS) is 21.8. The lowest BCUT2D eigenvalue weighted by Gasteiger charge is -2.38. The first-order valence-electron chi connectivity index (χ1n) is 9.90. The number of allylic oxidation sites excluding steroid dienone is 4. The molecule has 1 unspecified atom stereocenters. The number of fused-ring (bicyclic) bond motifs is 1. The molecule has 1 atom stereocenters. The van der Waals surface area contributed by atoms with Gasteiger partial charge >= 0.3 is 0 Å². The Morgan fingerprint density at radius 3 is 3.00 bits per heavy atom. The van der Waals surface area contributed by atoms with Gasteiger partial charge in [-0.15, -0.1) is 0 Å². The molecule has 6 heteroatoms. The van der Waals surface area contributed by atoms with Gasteiger partial charge in [0.2, 0.25) is 5.91 Å². The summed E-state index contributed by atoms with van der Waals surface area (Å²) in [6.07, 6.45) is 13.6. The summed E-state index contributed by atoms with van der Waals surface area (Å²) < 4.78 is 14.2. The van der Waals surface area contributed by atoms with Gasteiger partial charge in [0.25, 0.3) is 0 Å². The average Bonchev–Trinajstić information content (AvgIpc) is 3.16. The number of carbonyl (C=O) groups excluding carboxylic acids is 1. The molecule has 0 saturated carbocycles.